The second-order valence-electron chi connectivity index (χ2n) is 8.45. The zero-order chi connectivity index (χ0) is 24.8. The summed E-state index contributed by atoms with van der Waals surface area (Å²) in [5, 5.41) is 0. The van der Waals surface area contributed by atoms with E-state index in [-0.39, 0.29) is 18.7 Å². The third-order valence-corrected chi connectivity index (χ3v) is 7.18. The molecular weight excluding hydrogens is 447 g/mol. The SMILES string of the molecule is CCN(CC)S(=O)(=O)c1cc(C(=O)OCC(=O)N(Cc2ccccc2)C(C)(C)C)ccc1F. The highest BCUT2D eigenvalue weighted by Gasteiger charge is 2.29. The molecule has 0 saturated heterocycles. The predicted molar refractivity (Wildman–Crippen MR) is 124 cm³/mol. The summed E-state index contributed by atoms with van der Waals surface area (Å²) in [5.74, 6) is -2.28. The number of rotatable bonds is 9. The lowest BCUT2D eigenvalue weighted by atomic mass is 10.0. The van der Waals surface area contributed by atoms with Crippen LogP contribution in [0.25, 0.3) is 0 Å². The molecule has 33 heavy (non-hydrogen) atoms. The Kier molecular flexibility index (Phi) is 8.74. The largest absolute Gasteiger partial charge is 0.452 e. The number of amides is 1. The Morgan fingerprint density at radius 3 is 2.15 bits per heavy atom. The molecule has 0 aliphatic rings. The van der Waals surface area contributed by atoms with Crippen LogP contribution in [0.1, 0.15) is 50.5 Å². The van der Waals surface area contributed by atoms with Gasteiger partial charge in [-0.15, -0.1) is 0 Å². The van der Waals surface area contributed by atoms with Crippen molar-refractivity contribution >= 4 is 21.9 Å². The van der Waals surface area contributed by atoms with Crippen molar-refractivity contribution < 1.29 is 27.1 Å². The topological polar surface area (TPSA) is 84.0 Å². The fraction of sp³-hybridized carbons (Fsp3) is 0.417. The minimum absolute atomic E-state index is 0.153. The van der Waals surface area contributed by atoms with Gasteiger partial charge in [0.2, 0.25) is 10.0 Å². The normalized spacial score (nSPS) is 12.0. The van der Waals surface area contributed by atoms with E-state index in [2.05, 4.69) is 0 Å². The minimum atomic E-state index is -4.11. The number of carbonyl (C=O) groups excluding carboxylic acids is 2. The molecule has 0 N–H and O–H groups in total. The van der Waals surface area contributed by atoms with Crippen molar-refractivity contribution in [3.05, 3.63) is 65.5 Å². The summed E-state index contributed by atoms with van der Waals surface area (Å²) >= 11 is 0. The van der Waals surface area contributed by atoms with Gasteiger partial charge in [-0.1, -0.05) is 44.2 Å². The van der Waals surface area contributed by atoms with E-state index in [0.29, 0.717) is 6.54 Å². The number of sulfonamides is 1. The highest BCUT2D eigenvalue weighted by atomic mass is 32.2. The molecule has 0 bridgehead atoms. The van der Waals surface area contributed by atoms with Crippen LogP contribution in [0.2, 0.25) is 0 Å². The molecule has 0 aromatic heterocycles. The quantitative estimate of drug-likeness (QED) is 0.512. The van der Waals surface area contributed by atoms with E-state index in [1.54, 1.807) is 18.7 Å². The maximum atomic E-state index is 14.3. The lowest BCUT2D eigenvalue weighted by Crippen LogP contribution is -2.46. The minimum Gasteiger partial charge on any atom is -0.452 e. The van der Waals surface area contributed by atoms with Crippen molar-refractivity contribution in [2.24, 2.45) is 0 Å². The third-order valence-electron chi connectivity index (χ3n) is 5.11. The lowest BCUT2D eigenvalue weighted by Gasteiger charge is -2.35. The number of hydrogen-bond donors (Lipinski definition) is 0. The van der Waals surface area contributed by atoms with Crippen LogP contribution in [0.3, 0.4) is 0 Å². The van der Waals surface area contributed by atoms with Crippen LogP contribution in [0.15, 0.2) is 53.4 Å². The predicted octanol–water partition coefficient (Wildman–Crippen LogP) is 3.84. The zero-order valence-electron chi connectivity index (χ0n) is 19.7. The molecule has 0 heterocycles. The summed E-state index contributed by atoms with van der Waals surface area (Å²) in [4.78, 5) is 26.4. The molecule has 0 fully saturated rings. The van der Waals surface area contributed by atoms with Gasteiger partial charge in [-0.05, 0) is 44.5 Å². The van der Waals surface area contributed by atoms with Crippen molar-refractivity contribution in [3.8, 4) is 0 Å². The summed E-state index contributed by atoms with van der Waals surface area (Å²) in [6.07, 6.45) is 0. The molecule has 1 amide bonds. The summed E-state index contributed by atoms with van der Waals surface area (Å²) in [7, 11) is -4.11. The molecule has 0 saturated carbocycles. The molecule has 0 spiro atoms. The molecule has 2 rings (SSSR count). The second kappa shape index (κ2) is 10.9. The van der Waals surface area contributed by atoms with Crippen LogP contribution in [0.4, 0.5) is 4.39 Å². The van der Waals surface area contributed by atoms with Gasteiger partial charge in [0.15, 0.2) is 6.61 Å². The number of hydrogen-bond acceptors (Lipinski definition) is 5. The van der Waals surface area contributed by atoms with E-state index < -0.39 is 44.8 Å². The Morgan fingerprint density at radius 1 is 1.00 bits per heavy atom. The molecule has 9 heteroatoms. The smallest absolute Gasteiger partial charge is 0.338 e. The van der Waals surface area contributed by atoms with Gasteiger partial charge in [0.25, 0.3) is 5.91 Å². The Balaban J connectivity index is 2.18. The van der Waals surface area contributed by atoms with Gasteiger partial charge in [0.05, 0.1) is 5.56 Å². The van der Waals surface area contributed by atoms with Gasteiger partial charge in [-0.2, -0.15) is 4.31 Å². The Hall–Kier alpha value is -2.78. The van der Waals surface area contributed by atoms with E-state index in [1.165, 1.54) is 0 Å². The van der Waals surface area contributed by atoms with Crippen LogP contribution >= 0.6 is 0 Å². The van der Waals surface area contributed by atoms with Crippen LogP contribution in [-0.2, 0) is 26.1 Å². The summed E-state index contributed by atoms with van der Waals surface area (Å²) in [6.45, 7) is 9.02. The van der Waals surface area contributed by atoms with Gasteiger partial charge < -0.3 is 9.64 Å². The second-order valence-corrected chi connectivity index (χ2v) is 10.4. The van der Waals surface area contributed by atoms with E-state index in [1.807, 2.05) is 51.1 Å². The maximum absolute atomic E-state index is 14.3. The maximum Gasteiger partial charge on any atom is 0.338 e. The van der Waals surface area contributed by atoms with Crippen LogP contribution < -0.4 is 0 Å². The zero-order valence-corrected chi connectivity index (χ0v) is 20.5. The summed E-state index contributed by atoms with van der Waals surface area (Å²) in [5.41, 5.74) is 0.248. The van der Waals surface area contributed by atoms with Crippen molar-refractivity contribution in [2.75, 3.05) is 19.7 Å². The van der Waals surface area contributed by atoms with Gasteiger partial charge >= 0.3 is 5.97 Å². The van der Waals surface area contributed by atoms with Crippen LogP contribution in [0.5, 0.6) is 0 Å². The van der Waals surface area contributed by atoms with Crippen molar-refractivity contribution in [3.63, 3.8) is 0 Å². The first-order valence-electron chi connectivity index (χ1n) is 10.7. The number of carbonyl (C=O) groups is 2. The number of halogens is 1. The third kappa shape index (κ3) is 6.61. The number of ether oxygens (including phenoxy) is 1. The molecule has 0 atom stereocenters. The standard InChI is InChI=1S/C24H31FN2O5S/c1-6-26(7-2)33(30,31)21-15-19(13-14-20(21)25)23(29)32-17-22(28)27(24(3,4)5)16-18-11-9-8-10-12-18/h8-15H,6-7,16-17H2,1-5H3. The molecule has 7 nitrogen and oxygen atoms in total. The monoisotopic (exact) mass is 478 g/mol. The highest BCUT2D eigenvalue weighted by Crippen LogP contribution is 2.22. The van der Waals surface area contributed by atoms with Crippen molar-refractivity contribution in [1.29, 1.82) is 0 Å². The van der Waals surface area contributed by atoms with Crippen molar-refractivity contribution in [2.45, 2.75) is 51.6 Å². The Labute approximate surface area is 195 Å². The Bertz CT molecular complexity index is 1080. The molecule has 0 aliphatic carbocycles. The van der Waals surface area contributed by atoms with Crippen LogP contribution in [0, 0.1) is 5.82 Å². The molecule has 0 radical (unpaired) electrons. The van der Waals surface area contributed by atoms with Crippen molar-refractivity contribution in [1.82, 2.24) is 9.21 Å². The average Bonchev–Trinajstić information content (AvgIpc) is 2.76. The van der Waals surface area contributed by atoms with Gasteiger partial charge in [-0.3, -0.25) is 4.79 Å². The van der Waals surface area contributed by atoms with Crippen LogP contribution in [-0.4, -0.2) is 54.7 Å². The van der Waals surface area contributed by atoms with E-state index >= 15 is 0 Å². The number of nitrogens with zero attached hydrogens (tertiary/aromatic N) is 2. The Morgan fingerprint density at radius 2 is 1.61 bits per heavy atom. The number of esters is 1. The first-order valence-corrected chi connectivity index (χ1v) is 12.2. The molecule has 2 aromatic carbocycles. The fourth-order valence-corrected chi connectivity index (χ4v) is 4.83. The van der Waals surface area contributed by atoms with E-state index in [9.17, 15) is 22.4 Å². The van der Waals surface area contributed by atoms with E-state index in [4.69, 9.17) is 4.74 Å². The lowest BCUT2D eigenvalue weighted by molar-refractivity contribution is -0.140. The first-order chi connectivity index (χ1) is 15.4. The summed E-state index contributed by atoms with van der Waals surface area (Å²) < 4.78 is 46.0. The summed E-state index contributed by atoms with van der Waals surface area (Å²) in [6, 6.07) is 12.4. The van der Waals surface area contributed by atoms with Gasteiger partial charge in [-0.25, -0.2) is 17.6 Å². The fourth-order valence-electron chi connectivity index (χ4n) is 3.28. The van der Waals surface area contributed by atoms with Gasteiger partial charge in [0, 0.05) is 25.2 Å². The first kappa shape index (κ1) is 26.5. The molecule has 2 aromatic rings. The van der Waals surface area contributed by atoms with E-state index in [0.717, 1.165) is 28.1 Å². The molecular formula is C24H31FN2O5S. The average molecular weight is 479 g/mol. The highest BCUT2D eigenvalue weighted by molar-refractivity contribution is 7.89. The van der Waals surface area contributed by atoms with Gasteiger partial charge in [0.1, 0.15) is 10.7 Å². The molecule has 0 aliphatic heterocycles. The molecule has 0 unspecified atom stereocenters. The number of benzene rings is 2. The molecule has 180 valence electrons.